The largest absolute Gasteiger partial charge is 0.507 e. The third-order valence-electron chi connectivity index (χ3n) is 6.32. The number of nitrogens with zero attached hydrogens (tertiary/aromatic N) is 3. The molecular weight excluding hydrogens is 474 g/mol. The zero-order valence-electron chi connectivity index (χ0n) is 21.7. The molecule has 0 saturated carbocycles. The average Bonchev–Trinajstić information content (AvgIpc) is 3.46. The van der Waals surface area contributed by atoms with Crippen LogP contribution in [0.1, 0.15) is 49.8 Å². The number of carbonyl (C=O) groups excluding carboxylic acids is 2. The maximum absolute atomic E-state index is 13.4. The Balaban J connectivity index is 1.46. The maximum atomic E-state index is 13.4. The summed E-state index contributed by atoms with van der Waals surface area (Å²) in [6, 6.07) is 11.6. The van der Waals surface area contributed by atoms with Gasteiger partial charge in [-0.1, -0.05) is 6.07 Å². The fourth-order valence-electron chi connectivity index (χ4n) is 4.35. The van der Waals surface area contributed by atoms with Crippen LogP contribution in [0.15, 0.2) is 46.9 Å². The average molecular weight is 508 g/mol. The van der Waals surface area contributed by atoms with Gasteiger partial charge in [-0.25, -0.2) is 0 Å². The number of fused-ring (bicyclic) bond motifs is 1. The van der Waals surface area contributed by atoms with E-state index in [1.165, 1.54) is 11.0 Å². The normalized spacial score (nSPS) is 12.6. The molecule has 0 saturated heterocycles. The van der Waals surface area contributed by atoms with E-state index in [0.717, 1.165) is 41.7 Å². The smallest absolute Gasteiger partial charge is 0.258 e. The number of phenolic OH excluding ortho intramolecular Hbond substituents is 2. The van der Waals surface area contributed by atoms with Crippen molar-refractivity contribution in [2.24, 2.45) is 0 Å². The molecular formula is C28H33N3O6. The molecule has 9 nitrogen and oxygen atoms in total. The minimum Gasteiger partial charge on any atom is -0.507 e. The van der Waals surface area contributed by atoms with Crippen LogP contribution in [-0.2, 0) is 19.6 Å². The topological polar surface area (TPSA) is 107 Å². The van der Waals surface area contributed by atoms with Crippen molar-refractivity contribution < 1.29 is 29.0 Å². The Bertz CT molecular complexity index is 1300. The zero-order chi connectivity index (χ0) is 26.7. The highest BCUT2D eigenvalue weighted by atomic mass is 16.5. The number of carbonyl (C=O) groups is 2. The molecule has 1 aliphatic heterocycles. The molecule has 2 aromatic carbocycles. The standard InChI is InChI=1S/C28H33N3O6/c1-18-6-8-22(37-18)17-30(4)27(34)23-13-24(26(33)14-25(23)32)28(35)31-15-19-7-9-21(12-20(19)16-31)36-11-5-10-29(2)3/h6-9,12-14,32-33H,5,10-11,15-17H2,1-4H3. The third-order valence-corrected chi connectivity index (χ3v) is 6.32. The molecule has 0 aliphatic carbocycles. The van der Waals surface area contributed by atoms with Gasteiger partial charge < -0.3 is 34.1 Å². The molecule has 37 heavy (non-hydrogen) atoms. The Morgan fingerprint density at radius 3 is 2.41 bits per heavy atom. The van der Waals surface area contributed by atoms with E-state index < -0.39 is 17.6 Å². The predicted octanol–water partition coefficient (Wildman–Crippen LogP) is 3.76. The fraction of sp³-hybridized carbons (Fsp3) is 0.357. The number of ether oxygens (including phenoxy) is 1. The van der Waals surface area contributed by atoms with Crippen LogP contribution in [0.4, 0.5) is 0 Å². The van der Waals surface area contributed by atoms with Crippen molar-refractivity contribution in [3.63, 3.8) is 0 Å². The number of furan rings is 1. The van der Waals surface area contributed by atoms with E-state index in [4.69, 9.17) is 9.15 Å². The summed E-state index contributed by atoms with van der Waals surface area (Å²) in [5, 5.41) is 20.8. The molecule has 4 rings (SSSR count). The highest BCUT2D eigenvalue weighted by Gasteiger charge is 2.29. The quantitative estimate of drug-likeness (QED) is 0.425. The highest BCUT2D eigenvalue weighted by molar-refractivity contribution is 6.03. The first kappa shape index (κ1) is 26.1. The molecule has 0 atom stereocenters. The third kappa shape index (κ3) is 6.06. The number of aryl methyl sites for hydroxylation is 1. The summed E-state index contributed by atoms with van der Waals surface area (Å²) in [6.07, 6.45) is 0.909. The van der Waals surface area contributed by atoms with Crippen LogP contribution in [0.5, 0.6) is 17.2 Å². The lowest BCUT2D eigenvalue weighted by atomic mass is 10.1. The van der Waals surface area contributed by atoms with E-state index >= 15 is 0 Å². The number of phenols is 2. The van der Waals surface area contributed by atoms with Crippen molar-refractivity contribution >= 4 is 11.8 Å². The van der Waals surface area contributed by atoms with Gasteiger partial charge in [-0.05, 0) is 68.9 Å². The summed E-state index contributed by atoms with van der Waals surface area (Å²) in [6.45, 7) is 4.27. The maximum Gasteiger partial charge on any atom is 0.258 e. The summed E-state index contributed by atoms with van der Waals surface area (Å²) in [5.41, 5.74) is 1.85. The Morgan fingerprint density at radius 1 is 0.973 bits per heavy atom. The SMILES string of the molecule is Cc1ccc(CN(C)C(=O)c2cc(C(=O)N3Cc4ccc(OCCCN(C)C)cc4C3)c(O)cc2O)o1. The van der Waals surface area contributed by atoms with Crippen LogP contribution in [-0.4, -0.2) is 71.0 Å². The van der Waals surface area contributed by atoms with Gasteiger partial charge >= 0.3 is 0 Å². The van der Waals surface area contributed by atoms with Gasteiger partial charge in [-0.2, -0.15) is 0 Å². The molecule has 0 unspecified atom stereocenters. The second-order valence-corrected chi connectivity index (χ2v) is 9.66. The number of rotatable bonds is 9. The van der Waals surface area contributed by atoms with Gasteiger partial charge in [0.1, 0.15) is 28.8 Å². The van der Waals surface area contributed by atoms with Crippen LogP contribution in [0.25, 0.3) is 0 Å². The van der Waals surface area contributed by atoms with E-state index in [2.05, 4.69) is 4.90 Å². The summed E-state index contributed by atoms with van der Waals surface area (Å²) in [5.74, 6) is 0.361. The highest BCUT2D eigenvalue weighted by Crippen LogP contribution is 2.33. The molecule has 1 aliphatic rings. The molecule has 0 radical (unpaired) electrons. The van der Waals surface area contributed by atoms with Gasteiger partial charge in [0.15, 0.2) is 0 Å². The molecule has 9 heteroatoms. The van der Waals surface area contributed by atoms with Crippen LogP contribution < -0.4 is 4.74 Å². The minimum absolute atomic E-state index is 0.0450. The van der Waals surface area contributed by atoms with Gasteiger partial charge in [0, 0.05) is 32.7 Å². The molecule has 2 N–H and O–H groups in total. The number of hydrogen-bond acceptors (Lipinski definition) is 7. The van der Waals surface area contributed by atoms with E-state index in [9.17, 15) is 19.8 Å². The summed E-state index contributed by atoms with van der Waals surface area (Å²) < 4.78 is 11.4. The Hall–Kier alpha value is -3.98. The van der Waals surface area contributed by atoms with E-state index in [-0.39, 0.29) is 23.4 Å². The molecule has 0 bridgehead atoms. The van der Waals surface area contributed by atoms with Crippen LogP contribution in [0, 0.1) is 6.92 Å². The van der Waals surface area contributed by atoms with Gasteiger partial charge in [-0.15, -0.1) is 0 Å². The van der Waals surface area contributed by atoms with Gasteiger partial charge in [0.05, 0.1) is 24.3 Å². The van der Waals surface area contributed by atoms with Crippen molar-refractivity contribution in [3.05, 3.63) is 76.2 Å². The van der Waals surface area contributed by atoms with Gasteiger partial charge in [0.2, 0.25) is 0 Å². The van der Waals surface area contributed by atoms with Crippen LogP contribution >= 0.6 is 0 Å². The Morgan fingerprint density at radius 2 is 1.70 bits per heavy atom. The van der Waals surface area contributed by atoms with Crippen LogP contribution in [0.3, 0.4) is 0 Å². The lowest BCUT2D eigenvalue weighted by Gasteiger charge is -2.19. The number of aromatic hydroxyl groups is 2. The van der Waals surface area contributed by atoms with E-state index in [1.807, 2.05) is 39.2 Å². The van der Waals surface area contributed by atoms with Gasteiger partial charge in [-0.3, -0.25) is 9.59 Å². The first-order chi connectivity index (χ1) is 17.6. The second kappa shape index (κ2) is 11.0. The van der Waals surface area contributed by atoms with E-state index in [1.54, 1.807) is 24.1 Å². The Kier molecular flexibility index (Phi) is 7.73. The molecule has 2 heterocycles. The summed E-state index contributed by atoms with van der Waals surface area (Å²) in [4.78, 5) is 31.5. The first-order valence-electron chi connectivity index (χ1n) is 12.2. The molecule has 3 aromatic rings. The lowest BCUT2D eigenvalue weighted by Crippen LogP contribution is -2.28. The van der Waals surface area contributed by atoms with Crippen molar-refractivity contribution in [1.29, 1.82) is 0 Å². The van der Waals surface area contributed by atoms with E-state index in [0.29, 0.717) is 25.5 Å². The first-order valence-corrected chi connectivity index (χ1v) is 12.2. The number of hydrogen-bond donors (Lipinski definition) is 2. The monoisotopic (exact) mass is 507 g/mol. The molecule has 0 spiro atoms. The molecule has 196 valence electrons. The predicted molar refractivity (Wildman–Crippen MR) is 138 cm³/mol. The fourth-order valence-corrected chi connectivity index (χ4v) is 4.35. The second-order valence-electron chi connectivity index (χ2n) is 9.66. The van der Waals surface area contributed by atoms with Crippen molar-refractivity contribution in [2.75, 3.05) is 34.3 Å². The lowest BCUT2D eigenvalue weighted by molar-refractivity contribution is 0.0748. The number of amides is 2. The van der Waals surface area contributed by atoms with Crippen molar-refractivity contribution in [3.8, 4) is 17.2 Å². The zero-order valence-corrected chi connectivity index (χ0v) is 21.7. The van der Waals surface area contributed by atoms with Crippen LogP contribution in [0.2, 0.25) is 0 Å². The molecule has 0 fully saturated rings. The summed E-state index contributed by atoms with van der Waals surface area (Å²) in [7, 11) is 5.61. The summed E-state index contributed by atoms with van der Waals surface area (Å²) >= 11 is 0. The van der Waals surface area contributed by atoms with Crippen molar-refractivity contribution in [2.45, 2.75) is 33.0 Å². The van der Waals surface area contributed by atoms with Crippen molar-refractivity contribution in [1.82, 2.24) is 14.7 Å². The van der Waals surface area contributed by atoms with Gasteiger partial charge in [0.25, 0.3) is 11.8 Å². The minimum atomic E-state index is -0.499. The number of benzene rings is 2. The molecule has 2 amide bonds. The Labute approximate surface area is 216 Å². The molecule has 1 aromatic heterocycles.